The second-order valence-electron chi connectivity index (χ2n) is 5.96. The van der Waals surface area contributed by atoms with Gasteiger partial charge in [-0.3, -0.25) is 0 Å². The van der Waals surface area contributed by atoms with E-state index >= 15 is 0 Å². The van der Waals surface area contributed by atoms with Gasteiger partial charge in [-0.25, -0.2) is 0 Å². The molecule has 1 fully saturated rings. The van der Waals surface area contributed by atoms with Crippen LogP contribution >= 0.6 is 0 Å². The molecule has 3 nitrogen and oxygen atoms in total. The summed E-state index contributed by atoms with van der Waals surface area (Å²) in [5, 5.41) is 3.64. The molecular formula is C15H33N3. The average molecular weight is 255 g/mol. The van der Waals surface area contributed by atoms with E-state index in [1.165, 1.54) is 58.5 Å². The number of rotatable bonds is 8. The number of hydrogen-bond acceptors (Lipinski definition) is 3. The molecule has 0 aromatic carbocycles. The quantitative estimate of drug-likeness (QED) is 0.670. The van der Waals surface area contributed by atoms with Gasteiger partial charge >= 0.3 is 0 Å². The molecule has 1 aliphatic heterocycles. The molecule has 1 saturated heterocycles. The van der Waals surface area contributed by atoms with Crippen molar-refractivity contribution in [1.82, 2.24) is 15.1 Å². The summed E-state index contributed by atoms with van der Waals surface area (Å²) >= 11 is 0. The average Bonchev–Trinajstić information content (AvgIpc) is 2.40. The fraction of sp³-hybridized carbons (Fsp3) is 1.00. The number of hydrogen-bond donors (Lipinski definition) is 1. The molecule has 108 valence electrons. The third kappa shape index (κ3) is 4.87. The molecule has 1 N–H and O–H groups in total. The third-order valence-corrected chi connectivity index (χ3v) is 4.58. The van der Waals surface area contributed by atoms with E-state index in [0.29, 0.717) is 5.41 Å². The van der Waals surface area contributed by atoms with Gasteiger partial charge in [-0.05, 0) is 38.3 Å². The van der Waals surface area contributed by atoms with E-state index in [9.17, 15) is 0 Å². The summed E-state index contributed by atoms with van der Waals surface area (Å²) in [6, 6.07) is 0. The fourth-order valence-corrected chi connectivity index (χ4v) is 2.79. The van der Waals surface area contributed by atoms with Crippen molar-refractivity contribution in [3.63, 3.8) is 0 Å². The van der Waals surface area contributed by atoms with E-state index in [4.69, 9.17) is 0 Å². The van der Waals surface area contributed by atoms with Crippen LogP contribution in [0.3, 0.4) is 0 Å². The van der Waals surface area contributed by atoms with Crippen LogP contribution in [0.25, 0.3) is 0 Å². The van der Waals surface area contributed by atoms with Crippen LogP contribution in [-0.4, -0.2) is 62.7 Å². The van der Waals surface area contributed by atoms with Gasteiger partial charge in [-0.15, -0.1) is 0 Å². The second kappa shape index (κ2) is 8.13. The van der Waals surface area contributed by atoms with E-state index in [0.717, 1.165) is 6.54 Å². The van der Waals surface area contributed by atoms with E-state index < -0.39 is 0 Å². The summed E-state index contributed by atoms with van der Waals surface area (Å²) in [6.07, 6.45) is 3.80. The predicted molar refractivity (Wildman–Crippen MR) is 80.1 cm³/mol. The lowest BCUT2D eigenvalue weighted by Crippen LogP contribution is -2.50. The molecule has 0 unspecified atom stereocenters. The molecule has 0 bridgehead atoms. The molecule has 1 rings (SSSR count). The minimum absolute atomic E-state index is 0.477. The van der Waals surface area contributed by atoms with Crippen molar-refractivity contribution >= 4 is 0 Å². The smallest absolute Gasteiger partial charge is 0.0110 e. The molecule has 0 spiro atoms. The maximum Gasteiger partial charge on any atom is 0.0110 e. The Balaban J connectivity index is 2.44. The zero-order valence-corrected chi connectivity index (χ0v) is 13.0. The van der Waals surface area contributed by atoms with Gasteiger partial charge in [0.05, 0.1) is 0 Å². The highest BCUT2D eigenvalue weighted by molar-refractivity contribution is 4.84. The Hall–Kier alpha value is -0.120. The zero-order chi connectivity index (χ0) is 13.4. The van der Waals surface area contributed by atoms with Crippen molar-refractivity contribution in [3.05, 3.63) is 0 Å². The SMILES string of the molecule is CCCNCC(CC)(CC)CN1CCN(C)CC1. The second-order valence-corrected chi connectivity index (χ2v) is 5.96. The number of nitrogens with zero attached hydrogens (tertiary/aromatic N) is 2. The first kappa shape index (κ1) is 15.9. The normalized spacial score (nSPS) is 19.3. The van der Waals surface area contributed by atoms with Crippen LogP contribution in [0.5, 0.6) is 0 Å². The highest BCUT2D eigenvalue weighted by Crippen LogP contribution is 2.27. The number of piperazine rings is 1. The van der Waals surface area contributed by atoms with Crippen molar-refractivity contribution in [3.8, 4) is 0 Å². The molecule has 0 atom stereocenters. The highest BCUT2D eigenvalue weighted by atomic mass is 15.2. The largest absolute Gasteiger partial charge is 0.316 e. The summed E-state index contributed by atoms with van der Waals surface area (Å²) in [5.74, 6) is 0. The van der Waals surface area contributed by atoms with Crippen LogP contribution in [-0.2, 0) is 0 Å². The van der Waals surface area contributed by atoms with Crippen LogP contribution in [0.1, 0.15) is 40.0 Å². The Labute approximate surface area is 114 Å². The number of likely N-dealkylation sites (N-methyl/N-ethyl adjacent to an activating group) is 1. The van der Waals surface area contributed by atoms with E-state index in [1.807, 2.05) is 0 Å². The van der Waals surface area contributed by atoms with Crippen molar-refractivity contribution in [2.24, 2.45) is 5.41 Å². The van der Waals surface area contributed by atoms with Crippen molar-refractivity contribution in [2.45, 2.75) is 40.0 Å². The maximum absolute atomic E-state index is 3.64. The third-order valence-electron chi connectivity index (χ3n) is 4.58. The van der Waals surface area contributed by atoms with Gasteiger partial charge in [-0.1, -0.05) is 20.8 Å². The lowest BCUT2D eigenvalue weighted by Gasteiger charge is -2.41. The zero-order valence-electron chi connectivity index (χ0n) is 13.0. The molecule has 0 amide bonds. The van der Waals surface area contributed by atoms with E-state index in [-0.39, 0.29) is 0 Å². The molecule has 1 aliphatic rings. The highest BCUT2D eigenvalue weighted by Gasteiger charge is 2.29. The van der Waals surface area contributed by atoms with Crippen molar-refractivity contribution < 1.29 is 0 Å². The summed E-state index contributed by atoms with van der Waals surface area (Å²) in [5.41, 5.74) is 0.477. The summed E-state index contributed by atoms with van der Waals surface area (Å²) < 4.78 is 0. The van der Waals surface area contributed by atoms with Gasteiger partial charge < -0.3 is 15.1 Å². The van der Waals surface area contributed by atoms with Gasteiger partial charge in [0.1, 0.15) is 0 Å². The lowest BCUT2D eigenvalue weighted by atomic mass is 9.81. The van der Waals surface area contributed by atoms with Gasteiger partial charge in [-0.2, -0.15) is 0 Å². The Morgan fingerprint density at radius 1 is 1.00 bits per heavy atom. The van der Waals surface area contributed by atoms with Gasteiger partial charge in [0, 0.05) is 39.3 Å². The molecule has 0 aromatic heterocycles. The maximum atomic E-state index is 3.64. The molecule has 3 heteroatoms. The van der Waals surface area contributed by atoms with Crippen LogP contribution in [0.15, 0.2) is 0 Å². The molecule has 0 saturated carbocycles. The first-order valence-corrected chi connectivity index (χ1v) is 7.77. The van der Waals surface area contributed by atoms with Gasteiger partial charge in [0.2, 0.25) is 0 Å². The first-order valence-electron chi connectivity index (χ1n) is 7.77. The minimum atomic E-state index is 0.477. The van der Waals surface area contributed by atoms with Crippen LogP contribution in [0, 0.1) is 5.41 Å². The summed E-state index contributed by atoms with van der Waals surface area (Å²) in [6.45, 7) is 15.5. The summed E-state index contributed by atoms with van der Waals surface area (Å²) in [7, 11) is 2.23. The van der Waals surface area contributed by atoms with E-state index in [2.05, 4.69) is 42.9 Å². The van der Waals surface area contributed by atoms with E-state index in [1.54, 1.807) is 0 Å². The monoisotopic (exact) mass is 255 g/mol. The lowest BCUT2D eigenvalue weighted by molar-refractivity contribution is 0.0884. The van der Waals surface area contributed by atoms with Crippen molar-refractivity contribution in [2.75, 3.05) is 52.9 Å². The standard InChI is InChI=1S/C15H33N3/c1-5-8-16-13-15(6-2,7-3)14-18-11-9-17(4)10-12-18/h16H,5-14H2,1-4H3. The minimum Gasteiger partial charge on any atom is -0.316 e. The molecule has 0 aliphatic carbocycles. The fourth-order valence-electron chi connectivity index (χ4n) is 2.79. The van der Waals surface area contributed by atoms with Crippen molar-refractivity contribution in [1.29, 1.82) is 0 Å². The molecule has 0 aromatic rings. The van der Waals surface area contributed by atoms with Crippen LogP contribution < -0.4 is 5.32 Å². The Kier molecular flexibility index (Phi) is 7.20. The topological polar surface area (TPSA) is 18.5 Å². The van der Waals surface area contributed by atoms with Crippen LogP contribution in [0.4, 0.5) is 0 Å². The Morgan fingerprint density at radius 2 is 1.61 bits per heavy atom. The Morgan fingerprint density at radius 3 is 2.11 bits per heavy atom. The Bertz CT molecular complexity index is 206. The summed E-state index contributed by atoms with van der Waals surface area (Å²) in [4.78, 5) is 5.10. The van der Waals surface area contributed by atoms with Gasteiger partial charge in [0.15, 0.2) is 0 Å². The molecular weight excluding hydrogens is 222 g/mol. The van der Waals surface area contributed by atoms with Crippen LogP contribution in [0.2, 0.25) is 0 Å². The molecule has 0 radical (unpaired) electrons. The van der Waals surface area contributed by atoms with Gasteiger partial charge in [0.25, 0.3) is 0 Å². The molecule has 18 heavy (non-hydrogen) atoms. The first-order chi connectivity index (χ1) is 8.65. The number of nitrogens with one attached hydrogen (secondary N) is 1. The molecule has 1 heterocycles. The predicted octanol–water partition coefficient (Wildman–Crippen LogP) is 2.04.